The van der Waals surface area contributed by atoms with E-state index in [0.29, 0.717) is 5.92 Å². The summed E-state index contributed by atoms with van der Waals surface area (Å²) in [7, 11) is 2.14. The van der Waals surface area contributed by atoms with Gasteiger partial charge in [0.1, 0.15) is 18.5 Å². The van der Waals surface area contributed by atoms with E-state index >= 15 is 0 Å². The topological polar surface area (TPSA) is 13.1 Å². The standard InChI is InChI=1S/C26H26NO/c1-14(2)19-12-18-10-11-27(6)25-23-16(4)20-9-7-8-15(3)22(20)17(5)26(23)28-21(13-19)24(18)25/h7-14H,1-6H3/q+1. The van der Waals surface area contributed by atoms with E-state index in [-0.39, 0.29) is 0 Å². The van der Waals surface area contributed by atoms with Crippen LogP contribution >= 0.6 is 0 Å². The average Bonchev–Trinajstić information content (AvgIpc) is 2.67. The van der Waals surface area contributed by atoms with Crippen molar-refractivity contribution in [3.63, 3.8) is 0 Å². The Hall–Kier alpha value is -2.87. The van der Waals surface area contributed by atoms with Gasteiger partial charge in [-0.05, 0) is 65.6 Å². The molecule has 4 aromatic rings. The highest BCUT2D eigenvalue weighted by Crippen LogP contribution is 2.51. The van der Waals surface area contributed by atoms with Crippen molar-refractivity contribution in [3.05, 3.63) is 64.8 Å². The molecular formula is C26H26NO+. The first-order valence-electron chi connectivity index (χ1n) is 10.1. The molecule has 1 aromatic heterocycles. The van der Waals surface area contributed by atoms with E-state index in [4.69, 9.17) is 4.74 Å². The van der Waals surface area contributed by atoms with Gasteiger partial charge in [0.05, 0.1) is 10.9 Å². The summed E-state index contributed by atoms with van der Waals surface area (Å²) in [6.07, 6.45) is 2.18. The maximum Gasteiger partial charge on any atom is 0.228 e. The molecule has 1 aliphatic heterocycles. The van der Waals surface area contributed by atoms with Crippen molar-refractivity contribution in [1.29, 1.82) is 0 Å². The van der Waals surface area contributed by atoms with Gasteiger partial charge in [0, 0.05) is 11.6 Å². The molecule has 0 fully saturated rings. The summed E-state index contributed by atoms with van der Waals surface area (Å²) >= 11 is 0. The maximum absolute atomic E-state index is 6.66. The predicted octanol–water partition coefficient (Wildman–Crippen LogP) is 6.64. The highest BCUT2D eigenvalue weighted by atomic mass is 16.5. The molecule has 0 aliphatic carbocycles. The molecule has 5 rings (SSSR count). The maximum atomic E-state index is 6.66. The zero-order chi connectivity index (χ0) is 19.7. The van der Waals surface area contributed by atoms with E-state index in [0.717, 1.165) is 11.5 Å². The monoisotopic (exact) mass is 368 g/mol. The molecule has 3 aromatic carbocycles. The lowest BCUT2D eigenvalue weighted by Gasteiger charge is -2.25. The molecule has 140 valence electrons. The molecule has 28 heavy (non-hydrogen) atoms. The van der Waals surface area contributed by atoms with Gasteiger partial charge in [0.2, 0.25) is 5.69 Å². The van der Waals surface area contributed by atoms with Gasteiger partial charge in [-0.1, -0.05) is 38.1 Å². The Labute approximate surface area is 166 Å². The number of hydrogen-bond acceptors (Lipinski definition) is 1. The van der Waals surface area contributed by atoms with Crippen LogP contribution in [-0.2, 0) is 7.05 Å². The molecule has 0 saturated heterocycles. The first kappa shape index (κ1) is 17.2. The largest absolute Gasteiger partial charge is 0.455 e. The summed E-state index contributed by atoms with van der Waals surface area (Å²) in [5.74, 6) is 2.45. The van der Waals surface area contributed by atoms with Crippen LogP contribution in [0.1, 0.15) is 42.0 Å². The van der Waals surface area contributed by atoms with Gasteiger partial charge in [-0.15, -0.1) is 0 Å². The smallest absolute Gasteiger partial charge is 0.228 e. The van der Waals surface area contributed by atoms with E-state index in [1.165, 1.54) is 55.1 Å². The number of pyridine rings is 1. The summed E-state index contributed by atoms with van der Waals surface area (Å²) in [6.45, 7) is 11.1. The Bertz CT molecular complexity index is 1300. The fourth-order valence-electron chi connectivity index (χ4n) is 4.81. The first-order valence-corrected chi connectivity index (χ1v) is 10.1. The summed E-state index contributed by atoms with van der Waals surface area (Å²) in [6, 6.07) is 13.3. The van der Waals surface area contributed by atoms with E-state index in [9.17, 15) is 0 Å². The minimum Gasteiger partial charge on any atom is -0.455 e. The summed E-state index contributed by atoms with van der Waals surface area (Å²) in [4.78, 5) is 0. The van der Waals surface area contributed by atoms with Crippen molar-refractivity contribution < 1.29 is 9.30 Å². The zero-order valence-corrected chi connectivity index (χ0v) is 17.5. The molecule has 0 amide bonds. The summed E-state index contributed by atoms with van der Waals surface area (Å²) in [5.41, 5.74) is 7.62. The number of benzene rings is 3. The van der Waals surface area contributed by atoms with Crippen LogP contribution in [0.3, 0.4) is 0 Å². The van der Waals surface area contributed by atoms with Crippen molar-refractivity contribution in [2.45, 2.75) is 40.5 Å². The van der Waals surface area contributed by atoms with Gasteiger partial charge in [-0.3, -0.25) is 0 Å². The number of aromatic nitrogens is 1. The van der Waals surface area contributed by atoms with E-state index < -0.39 is 0 Å². The molecule has 0 bridgehead atoms. The highest BCUT2D eigenvalue weighted by molar-refractivity contribution is 6.07. The van der Waals surface area contributed by atoms with Crippen LogP contribution in [-0.4, -0.2) is 0 Å². The van der Waals surface area contributed by atoms with Gasteiger partial charge < -0.3 is 4.74 Å². The fourth-order valence-corrected chi connectivity index (χ4v) is 4.81. The van der Waals surface area contributed by atoms with Crippen molar-refractivity contribution >= 4 is 21.5 Å². The van der Waals surface area contributed by atoms with E-state index in [2.05, 4.69) is 88.8 Å². The first-order chi connectivity index (χ1) is 13.4. The number of nitrogens with zero attached hydrogens (tertiary/aromatic N) is 1. The lowest BCUT2D eigenvalue weighted by Crippen LogP contribution is -2.32. The molecular weight excluding hydrogens is 342 g/mol. The van der Waals surface area contributed by atoms with Crippen molar-refractivity contribution in [2.24, 2.45) is 7.05 Å². The minimum absolute atomic E-state index is 0.463. The van der Waals surface area contributed by atoms with Gasteiger partial charge in [-0.2, -0.15) is 0 Å². The van der Waals surface area contributed by atoms with Crippen LogP contribution in [0.15, 0.2) is 42.6 Å². The minimum atomic E-state index is 0.463. The Morgan fingerprint density at radius 1 is 0.929 bits per heavy atom. The third-order valence-electron chi connectivity index (χ3n) is 6.33. The van der Waals surface area contributed by atoms with Crippen molar-refractivity contribution in [1.82, 2.24) is 0 Å². The molecule has 0 spiro atoms. The molecule has 0 unspecified atom stereocenters. The van der Waals surface area contributed by atoms with Crippen molar-refractivity contribution in [2.75, 3.05) is 0 Å². The fraction of sp³-hybridized carbons (Fsp3) is 0.269. The van der Waals surface area contributed by atoms with Gasteiger partial charge >= 0.3 is 0 Å². The second-order valence-electron chi connectivity index (χ2n) is 8.47. The third kappa shape index (κ3) is 2.18. The van der Waals surface area contributed by atoms with Gasteiger partial charge in [-0.25, -0.2) is 4.57 Å². The molecule has 0 saturated carbocycles. The average molecular weight is 369 g/mol. The Morgan fingerprint density at radius 2 is 1.71 bits per heavy atom. The van der Waals surface area contributed by atoms with Gasteiger partial charge in [0.15, 0.2) is 6.20 Å². The summed E-state index contributed by atoms with van der Waals surface area (Å²) < 4.78 is 8.90. The summed E-state index contributed by atoms with van der Waals surface area (Å²) in [5, 5.41) is 5.11. The van der Waals surface area contributed by atoms with E-state index in [1.807, 2.05) is 0 Å². The molecule has 2 heteroatoms. The van der Waals surface area contributed by atoms with Gasteiger partial charge in [0.25, 0.3) is 0 Å². The molecule has 2 nitrogen and oxygen atoms in total. The molecule has 0 atom stereocenters. The zero-order valence-electron chi connectivity index (χ0n) is 17.5. The van der Waals surface area contributed by atoms with Crippen LogP contribution in [0.2, 0.25) is 0 Å². The van der Waals surface area contributed by atoms with Crippen LogP contribution in [0.5, 0.6) is 11.5 Å². The van der Waals surface area contributed by atoms with Crippen LogP contribution in [0.4, 0.5) is 0 Å². The second kappa shape index (κ2) is 5.81. The Balaban J connectivity index is 1.99. The van der Waals surface area contributed by atoms with E-state index in [1.54, 1.807) is 0 Å². The Kier molecular flexibility index (Phi) is 3.58. The van der Waals surface area contributed by atoms with Crippen LogP contribution < -0.4 is 9.30 Å². The molecule has 2 heterocycles. The molecule has 0 radical (unpaired) electrons. The lowest BCUT2D eigenvalue weighted by molar-refractivity contribution is -0.659. The number of fused-ring (bicyclic) bond motifs is 3. The normalized spacial score (nSPS) is 12.5. The lowest BCUT2D eigenvalue weighted by atomic mass is 9.87. The van der Waals surface area contributed by atoms with Crippen LogP contribution in [0, 0.1) is 20.8 Å². The third-order valence-corrected chi connectivity index (χ3v) is 6.33. The highest BCUT2D eigenvalue weighted by Gasteiger charge is 2.32. The number of ether oxygens (including phenoxy) is 1. The van der Waals surface area contributed by atoms with Crippen molar-refractivity contribution in [3.8, 4) is 22.8 Å². The molecule has 0 N–H and O–H groups in total. The van der Waals surface area contributed by atoms with Crippen LogP contribution in [0.25, 0.3) is 32.8 Å². The number of aryl methyl sites for hydroxylation is 4. The second-order valence-corrected chi connectivity index (χ2v) is 8.47. The molecule has 1 aliphatic rings. The number of hydrogen-bond donors (Lipinski definition) is 0. The Morgan fingerprint density at radius 3 is 2.46 bits per heavy atom. The number of rotatable bonds is 1. The SMILES string of the molecule is Cc1c2c(c(C)c3c(C)cccc13)Oc1cc(C(C)C)cc3cc[n+](C)c-2c13. The quantitative estimate of drug-likeness (QED) is 0.302. The predicted molar refractivity (Wildman–Crippen MR) is 116 cm³/mol.